The lowest BCUT2D eigenvalue weighted by atomic mass is 9.88. The van der Waals surface area contributed by atoms with Gasteiger partial charge in [0.05, 0.1) is 34.9 Å². The van der Waals surface area contributed by atoms with Gasteiger partial charge in [-0.15, -0.1) is 0 Å². The number of benzene rings is 2. The monoisotopic (exact) mass is 352 g/mol. The number of nitrogens with zero attached hydrogens (tertiary/aromatic N) is 2. The van der Waals surface area contributed by atoms with E-state index < -0.39 is 23.5 Å². The van der Waals surface area contributed by atoms with Crippen LogP contribution in [0.5, 0.6) is 0 Å². The van der Waals surface area contributed by atoms with Crippen LogP contribution in [0.25, 0.3) is 10.8 Å². The Hall–Kier alpha value is -2.73. The maximum Gasteiger partial charge on any atom is 0.262 e. The molecule has 0 saturated heterocycles. The molecule has 0 aliphatic carbocycles. The van der Waals surface area contributed by atoms with Gasteiger partial charge < -0.3 is 10.0 Å². The van der Waals surface area contributed by atoms with Crippen molar-refractivity contribution in [2.75, 3.05) is 11.9 Å². The van der Waals surface area contributed by atoms with E-state index in [9.17, 15) is 19.5 Å². The molecule has 134 valence electrons. The molecule has 0 fully saturated rings. The summed E-state index contributed by atoms with van der Waals surface area (Å²) in [6.07, 6.45) is -0.986. The van der Waals surface area contributed by atoms with Crippen molar-refractivity contribution in [2.24, 2.45) is 0 Å². The lowest BCUT2D eigenvalue weighted by Gasteiger charge is -2.31. The summed E-state index contributed by atoms with van der Waals surface area (Å²) in [5.41, 5.74) is 1.24. The number of carbonyl (C=O) groups excluding carboxylic acids is 3. The Morgan fingerprint density at radius 1 is 1.19 bits per heavy atom. The van der Waals surface area contributed by atoms with Gasteiger partial charge in [-0.25, -0.2) is 0 Å². The molecule has 0 spiro atoms. The zero-order chi connectivity index (χ0) is 19.0. The summed E-state index contributed by atoms with van der Waals surface area (Å²) in [5, 5.41) is 11.2. The van der Waals surface area contributed by atoms with Gasteiger partial charge in [0.15, 0.2) is 0 Å². The standard InChI is InChI=1S/C20H20N2O4/c1-10(23)8-14(24)22-19(26)16-12(20(22,2)3)9-11-6-5-7-13-15(11)17(16)18(25)21(13)4/h5-7,9-10,23H,8H2,1-4H3/t10-/m0/s1. The molecule has 0 bridgehead atoms. The molecule has 0 saturated carbocycles. The highest BCUT2D eigenvalue weighted by atomic mass is 16.3. The van der Waals surface area contributed by atoms with Crippen molar-refractivity contribution in [3.05, 3.63) is 41.0 Å². The number of rotatable bonds is 2. The van der Waals surface area contributed by atoms with Gasteiger partial charge in [0, 0.05) is 12.4 Å². The maximum absolute atomic E-state index is 13.2. The van der Waals surface area contributed by atoms with Gasteiger partial charge in [0.25, 0.3) is 11.8 Å². The largest absolute Gasteiger partial charge is 0.393 e. The minimum Gasteiger partial charge on any atom is -0.393 e. The number of aliphatic hydroxyl groups is 1. The third-order valence-corrected chi connectivity index (χ3v) is 5.38. The summed E-state index contributed by atoms with van der Waals surface area (Å²) in [4.78, 5) is 41.4. The van der Waals surface area contributed by atoms with Crippen LogP contribution >= 0.6 is 0 Å². The van der Waals surface area contributed by atoms with Crippen molar-refractivity contribution in [1.82, 2.24) is 4.90 Å². The van der Waals surface area contributed by atoms with Gasteiger partial charge in [0.2, 0.25) is 5.91 Å². The van der Waals surface area contributed by atoms with Gasteiger partial charge in [0.1, 0.15) is 0 Å². The smallest absolute Gasteiger partial charge is 0.262 e. The lowest BCUT2D eigenvalue weighted by molar-refractivity contribution is -0.134. The molecule has 2 aliphatic heterocycles. The van der Waals surface area contributed by atoms with Crippen molar-refractivity contribution in [3.8, 4) is 0 Å². The molecular weight excluding hydrogens is 332 g/mol. The highest BCUT2D eigenvalue weighted by molar-refractivity contribution is 6.30. The molecule has 2 aromatic carbocycles. The first-order chi connectivity index (χ1) is 12.2. The van der Waals surface area contributed by atoms with Crippen LogP contribution in [0.1, 0.15) is 53.5 Å². The van der Waals surface area contributed by atoms with Crippen molar-refractivity contribution in [2.45, 2.75) is 38.8 Å². The minimum absolute atomic E-state index is 0.142. The topological polar surface area (TPSA) is 77.9 Å². The fourth-order valence-electron chi connectivity index (χ4n) is 4.17. The Kier molecular flexibility index (Phi) is 3.31. The first kappa shape index (κ1) is 16.7. The van der Waals surface area contributed by atoms with Crippen LogP contribution in [0.3, 0.4) is 0 Å². The summed E-state index contributed by atoms with van der Waals surface area (Å²) < 4.78 is 0. The van der Waals surface area contributed by atoms with Gasteiger partial charge in [-0.3, -0.25) is 19.3 Å². The highest BCUT2D eigenvalue weighted by Gasteiger charge is 2.50. The van der Waals surface area contributed by atoms with Crippen LogP contribution in [0.4, 0.5) is 5.69 Å². The number of hydrogen-bond acceptors (Lipinski definition) is 4. The third-order valence-electron chi connectivity index (χ3n) is 5.38. The maximum atomic E-state index is 13.2. The Labute approximate surface area is 151 Å². The molecular formula is C20H20N2O4. The average molecular weight is 352 g/mol. The fourth-order valence-corrected chi connectivity index (χ4v) is 4.17. The van der Waals surface area contributed by atoms with E-state index in [0.29, 0.717) is 16.7 Å². The number of aliphatic hydroxyl groups excluding tert-OH is 1. The summed E-state index contributed by atoms with van der Waals surface area (Å²) in [6, 6.07) is 7.54. The van der Waals surface area contributed by atoms with Crippen LogP contribution in [0, 0.1) is 0 Å². The molecule has 2 heterocycles. The molecule has 3 amide bonds. The molecule has 1 atom stereocenters. The first-order valence-electron chi connectivity index (χ1n) is 8.60. The molecule has 0 aromatic heterocycles. The summed E-state index contributed by atoms with van der Waals surface area (Å²) in [6.45, 7) is 5.10. The van der Waals surface area contributed by atoms with Crippen LogP contribution in [0.2, 0.25) is 0 Å². The number of carbonyl (C=O) groups is 3. The number of amides is 3. The second-order valence-electron chi connectivity index (χ2n) is 7.56. The molecule has 0 unspecified atom stereocenters. The highest BCUT2D eigenvalue weighted by Crippen LogP contribution is 2.47. The van der Waals surface area contributed by atoms with Gasteiger partial charge in [-0.05, 0) is 43.9 Å². The Morgan fingerprint density at radius 2 is 1.88 bits per heavy atom. The van der Waals surface area contributed by atoms with Crippen LogP contribution in [-0.2, 0) is 10.3 Å². The van der Waals surface area contributed by atoms with E-state index in [0.717, 1.165) is 16.5 Å². The molecule has 0 radical (unpaired) electrons. The molecule has 1 N–H and O–H groups in total. The SMILES string of the molecule is C[C@H](O)CC(=O)N1C(=O)c2c(cc3cccc4c3c2C(=O)N4C)C1(C)C. The normalized spacial score (nSPS) is 18.7. The number of imide groups is 1. The Balaban J connectivity index is 2.00. The van der Waals surface area contributed by atoms with E-state index >= 15 is 0 Å². The fraction of sp³-hybridized carbons (Fsp3) is 0.350. The molecule has 6 nitrogen and oxygen atoms in total. The van der Waals surface area contributed by atoms with Gasteiger partial charge in [-0.1, -0.05) is 12.1 Å². The van der Waals surface area contributed by atoms with Crippen LogP contribution < -0.4 is 4.90 Å². The van der Waals surface area contributed by atoms with Crippen LogP contribution in [-0.4, -0.2) is 40.9 Å². The predicted octanol–water partition coefficient (Wildman–Crippen LogP) is 2.42. The van der Waals surface area contributed by atoms with E-state index in [2.05, 4.69) is 0 Å². The number of fused-ring (bicyclic) bond motifs is 2. The van der Waals surface area contributed by atoms with Crippen molar-refractivity contribution >= 4 is 34.2 Å². The van der Waals surface area contributed by atoms with E-state index in [1.54, 1.807) is 25.8 Å². The van der Waals surface area contributed by atoms with Crippen LogP contribution in [0.15, 0.2) is 24.3 Å². The summed E-state index contributed by atoms with van der Waals surface area (Å²) in [5.74, 6) is -1.14. The van der Waals surface area contributed by atoms with E-state index in [4.69, 9.17) is 0 Å². The van der Waals surface area contributed by atoms with Gasteiger partial charge in [-0.2, -0.15) is 0 Å². The average Bonchev–Trinajstić information content (AvgIpc) is 2.91. The molecule has 2 aromatic rings. The van der Waals surface area contributed by atoms with Crippen molar-refractivity contribution in [3.63, 3.8) is 0 Å². The second-order valence-corrected chi connectivity index (χ2v) is 7.56. The molecule has 4 rings (SSSR count). The summed E-state index contributed by atoms with van der Waals surface area (Å²) in [7, 11) is 1.68. The van der Waals surface area contributed by atoms with Gasteiger partial charge >= 0.3 is 0 Å². The van der Waals surface area contributed by atoms with E-state index in [-0.39, 0.29) is 12.3 Å². The minimum atomic E-state index is -0.888. The Bertz CT molecular complexity index is 1010. The summed E-state index contributed by atoms with van der Waals surface area (Å²) >= 11 is 0. The first-order valence-corrected chi connectivity index (χ1v) is 8.60. The van der Waals surface area contributed by atoms with Crippen molar-refractivity contribution < 1.29 is 19.5 Å². The predicted molar refractivity (Wildman–Crippen MR) is 97.2 cm³/mol. The van der Waals surface area contributed by atoms with E-state index in [1.165, 1.54) is 11.8 Å². The zero-order valence-electron chi connectivity index (χ0n) is 15.2. The van der Waals surface area contributed by atoms with Crippen molar-refractivity contribution in [1.29, 1.82) is 0 Å². The lowest BCUT2D eigenvalue weighted by Crippen LogP contribution is -2.44. The molecule has 6 heteroatoms. The molecule has 2 aliphatic rings. The molecule has 26 heavy (non-hydrogen) atoms. The number of hydrogen-bond donors (Lipinski definition) is 1. The van der Waals surface area contributed by atoms with E-state index in [1.807, 2.05) is 24.3 Å². The third kappa shape index (κ3) is 1.93. The zero-order valence-corrected chi connectivity index (χ0v) is 15.2. The number of anilines is 1. The quantitative estimate of drug-likeness (QED) is 0.900. The Morgan fingerprint density at radius 3 is 2.54 bits per heavy atom. The second kappa shape index (κ2) is 5.14.